The maximum Gasteiger partial charge on any atom is 0.261 e. The number of amides is 1. The van der Waals surface area contributed by atoms with E-state index in [9.17, 15) is 4.79 Å². The molecule has 5 N–H and O–H groups in total. The van der Waals surface area contributed by atoms with Crippen LogP contribution in [0, 0.1) is 11.3 Å². The molecule has 0 aliphatic carbocycles. The average molecular weight is 236 g/mol. The van der Waals surface area contributed by atoms with Gasteiger partial charge in [-0.3, -0.25) is 4.79 Å². The van der Waals surface area contributed by atoms with Gasteiger partial charge in [-0.05, 0) is 6.92 Å². The zero-order valence-electron chi connectivity index (χ0n) is 8.83. The maximum atomic E-state index is 11.0. The standard InChI is InChI=1S/C10H12N4OS/c1-5(2)4-14-10-6(3-11)7(12)8(16-10)9(13)15/h14H,1,4,12H2,2H3,(H2,13,15). The highest BCUT2D eigenvalue weighted by molar-refractivity contribution is 7.18. The summed E-state index contributed by atoms with van der Waals surface area (Å²) in [5.41, 5.74) is 12.1. The second kappa shape index (κ2) is 4.68. The fourth-order valence-corrected chi connectivity index (χ4v) is 2.01. The van der Waals surface area contributed by atoms with Gasteiger partial charge in [-0.15, -0.1) is 11.3 Å². The first-order chi connectivity index (χ1) is 7.47. The van der Waals surface area contributed by atoms with Gasteiger partial charge in [0.25, 0.3) is 5.91 Å². The quantitative estimate of drug-likeness (QED) is 0.685. The fraction of sp³-hybridized carbons (Fsp3) is 0.200. The third-order valence-corrected chi connectivity index (χ3v) is 3.01. The van der Waals surface area contributed by atoms with Crippen LogP contribution in [-0.4, -0.2) is 12.5 Å². The van der Waals surface area contributed by atoms with E-state index >= 15 is 0 Å². The smallest absolute Gasteiger partial charge is 0.261 e. The number of nitriles is 1. The van der Waals surface area contributed by atoms with Crippen LogP contribution < -0.4 is 16.8 Å². The number of carbonyl (C=O) groups excluding carboxylic acids is 1. The molecular weight excluding hydrogens is 224 g/mol. The van der Waals surface area contributed by atoms with Crippen molar-refractivity contribution < 1.29 is 4.79 Å². The lowest BCUT2D eigenvalue weighted by Gasteiger charge is -2.02. The lowest BCUT2D eigenvalue weighted by molar-refractivity contribution is 0.100. The number of nitrogens with zero attached hydrogens (tertiary/aromatic N) is 1. The van der Waals surface area contributed by atoms with Gasteiger partial charge in [-0.25, -0.2) is 0 Å². The molecule has 1 rings (SSSR count). The monoisotopic (exact) mass is 236 g/mol. The Morgan fingerprint density at radius 2 is 2.31 bits per heavy atom. The van der Waals surface area contributed by atoms with Crippen molar-refractivity contribution in [3.05, 3.63) is 22.6 Å². The van der Waals surface area contributed by atoms with E-state index in [1.54, 1.807) is 0 Å². The summed E-state index contributed by atoms with van der Waals surface area (Å²) in [6, 6.07) is 1.95. The molecule has 0 atom stereocenters. The van der Waals surface area contributed by atoms with E-state index < -0.39 is 5.91 Å². The van der Waals surface area contributed by atoms with Crippen molar-refractivity contribution in [3.8, 4) is 6.07 Å². The van der Waals surface area contributed by atoms with Crippen LogP contribution in [0.3, 0.4) is 0 Å². The summed E-state index contributed by atoms with van der Waals surface area (Å²) >= 11 is 1.09. The van der Waals surface area contributed by atoms with Gasteiger partial charge >= 0.3 is 0 Å². The third kappa shape index (κ3) is 2.32. The van der Waals surface area contributed by atoms with Crippen molar-refractivity contribution in [2.75, 3.05) is 17.6 Å². The first kappa shape index (κ1) is 12.1. The van der Waals surface area contributed by atoms with Gasteiger partial charge in [0, 0.05) is 6.54 Å². The Morgan fingerprint density at radius 1 is 1.69 bits per heavy atom. The summed E-state index contributed by atoms with van der Waals surface area (Å²) < 4.78 is 0. The number of nitrogen functional groups attached to an aromatic ring is 1. The van der Waals surface area contributed by atoms with Gasteiger partial charge in [0.05, 0.1) is 5.69 Å². The summed E-state index contributed by atoms with van der Waals surface area (Å²) in [5.74, 6) is -0.623. The van der Waals surface area contributed by atoms with Crippen LogP contribution in [0.25, 0.3) is 0 Å². The zero-order chi connectivity index (χ0) is 12.3. The van der Waals surface area contributed by atoms with E-state index in [0.29, 0.717) is 11.5 Å². The molecule has 0 fully saturated rings. The lowest BCUT2D eigenvalue weighted by atomic mass is 10.2. The Hall–Kier alpha value is -2.00. The number of nitrogens with two attached hydrogens (primary N) is 2. The first-order valence-electron chi connectivity index (χ1n) is 4.47. The van der Waals surface area contributed by atoms with Crippen molar-refractivity contribution in [1.82, 2.24) is 0 Å². The molecule has 1 heterocycles. The van der Waals surface area contributed by atoms with Crippen molar-refractivity contribution in [3.63, 3.8) is 0 Å². The molecule has 6 heteroatoms. The molecule has 0 saturated carbocycles. The van der Waals surface area contributed by atoms with Gasteiger partial charge in [0.15, 0.2) is 0 Å². The summed E-state index contributed by atoms with van der Waals surface area (Å²) in [5, 5.41) is 12.5. The Kier molecular flexibility index (Phi) is 3.53. The van der Waals surface area contributed by atoms with Crippen molar-refractivity contribution in [2.24, 2.45) is 5.73 Å². The normalized spacial score (nSPS) is 9.50. The fourth-order valence-electron chi connectivity index (χ4n) is 1.09. The molecule has 0 unspecified atom stereocenters. The minimum atomic E-state index is -0.623. The Balaban J connectivity index is 3.10. The van der Waals surface area contributed by atoms with E-state index in [1.165, 1.54) is 0 Å². The van der Waals surface area contributed by atoms with Crippen LogP contribution in [-0.2, 0) is 0 Å². The molecule has 0 aliphatic rings. The minimum Gasteiger partial charge on any atom is -0.396 e. The number of primary amides is 1. The predicted octanol–water partition coefficient (Wildman–Crippen LogP) is 1.29. The topological polar surface area (TPSA) is 105 Å². The molecule has 1 amide bonds. The second-order valence-electron chi connectivity index (χ2n) is 3.34. The van der Waals surface area contributed by atoms with E-state index in [4.69, 9.17) is 16.7 Å². The molecule has 0 aromatic carbocycles. The molecule has 0 aliphatic heterocycles. The molecule has 0 radical (unpaired) electrons. The number of hydrogen-bond donors (Lipinski definition) is 3. The Labute approximate surface area is 97.4 Å². The van der Waals surface area contributed by atoms with Gasteiger partial charge in [-0.1, -0.05) is 12.2 Å². The number of anilines is 2. The number of carbonyl (C=O) groups is 1. The van der Waals surface area contributed by atoms with Crippen molar-refractivity contribution >= 4 is 27.9 Å². The van der Waals surface area contributed by atoms with Crippen LogP contribution in [0.4, 0.5) is 10.7 Å². The first-order valence-corrected chi connectivity index (χ1v) is 5.29. The van der Waals surface area contributed by atoms with Gasteiger partial charge < -0.3 is 16.8 Å². The Bertz CT molecular complexity index is 484. The SMILES string of the molecule is C=C(C)CNc1sc(C(N)=O)c(N)c1C#N. The highest BCUT2D eigenvalue weighted by Gasteiger charge is 2.18. The van der Waals surface area contributed by atoms with Crippen molar-refractivity contribution in [1.29, 1.82) is 5.26 Å². The predicted molar refractivity (Wildman–Crippen MR) is 65.3 cm³/mol. The van der Waals surface area contributed by atoms with Crippen LogP contribution >= 0.6 is 11.3 Å². The minimum absolute atomic E-state index is 0.143. The molecule has 5 nitrogen and oxygen atoms in total. The number of nitrogens with one attached hydrogen (secondary N) is 1. The van der Waals surface area contributed by atoms with Crippen LogP contribution in [0.5, 0.6) is 0 Å². The molecule has 0 bridgehead atoms. The van der Waals surface area contributed by atoms with Crippen LogP contribution in [0.1, 0.15) is 22.2 Å². The van der Waals surface area contributed by atoms with E-state index in [1.807, 2.05) is 13.0 Å². The molecule has 1 aromatic heterocycles. The molecule has 0 saturated heterocycles. The van der Waals surface area contributed by atoms with E-state index in [0.717, 1.165) is 16.9 Å². The second-order valence-corrected chi connectivity index (χ2v) is 4.36. The zero-order valence-corrected chi connectivity index (χ0v) is 9.65. The van der Waals surface area contributed by atoms with Gasteiger partial charge in [0.2, 0.25) is 0 Å². The summed E-state index contributed by atoms with van der Waals surface area (Å²) in [6.07, 6.45) is 0. The van der Waals surface area contributed by atoms with Gasteiger partial charge in [-0.2, -0.15) is 5.26 Å². The summed E-state index contributed by atoms with van der Waals surface area (Å²) in [6.45, 7) is 6.10. The summed E-state index contributed by atoms with van der Waals surface area (Å²) in [7, 11) is 0. The van der Waals surface area contributed by atoms with E-state index in [-0.39, 0.29) is 16.1 Å². The molecule has 16 heavy (non-hydrogen) atoms. The largest absolute Gasteiger partial charge is 0.396 e. The maximum absolute atomic E-state index is 11.0. The van der Waals surface area contributed by atoms with Crippen molar-refractivity contribution in [2.45, 2.75) is 6.92 Å². The van der Waals surface area contributed by atoms with Gasteiger partial charge in [0.1, 0.15) is 21.5 Å². The Morgan fingerprint density at radius 3 is 2.75 bits per heavy atom. The summed E-state index contributed by atoms with van der Waals surface area (Å²) in [4.78, 5) is 11.2. The number of rotatable bonds is 4. The highest BCUT2D eigenvalue weighted by atomic mass is 32.1. The average Bonchev–Trinajstić information content (AvgIpc) is 2.51. The molecule has 84 valence electrons. The van der Waals surface area contributed by atoms with Crippen LogP contribution in [0.2, 0.25) is 0 Å². The third-order valence-electron chi connectivity index (χ3n) is 1.83. The molecule has 1 aromatic rings. The number of hydrogen-bond acceptors (Lipinski definition) is 5. The molecular formula is C10H12N4OS. The lowest BCUT2D eigenvalue weighted by Crippen LogP contribution is -2.10. The van der Waals surface area contributed by atoms with Crippen LogP contribution in [0.15, 0.2) is 12.2 Å². The number of thiophene rings is 1. The van der Waals surface area contributed by atoms with E-state index in [2.05, 4.69) is 11.9 Å². The molecule has 0 spiro atoms. The highest BCUT2D eigenvalue weighted by Crippen LogP contribution is 2.34.